The number of carbonyl (C=O) groups excluding carboxylic acids is 3. The SMILES string of the molecule is CC/C=C\C/C=C\C/C=C\C/C=C\C/C=C\C/C=C\CCCCCCCCC(=O)OC(COC(=O)CCCCCCCCCCCCCCCCCCCCCCC/C=C\C/C=C\CCCCCCC)COC(OCC[N+](C)(C)C)C(=O)[O-]. The Labute approximate surface area is 512 Å². The first kappa shape index (κ1) is 79.2. The first-order chi connectivity index (χ1) is 40.6. The minimum absolute atomic E-state index is 0.141. The van der Waals surface area contributed by atoms with Gasteiger partial charge < -0.3 is 33.3 Å². The van der Waals surface area contributed by atoms with E-state index in [0.29, 0.717) is 17.4 Å². The number of quaternary nitrogens is 1. The highest BCUT2D eigenvalue weighted by atomic mass is 16.7. The smallest absolute Gasteiger partial charge is 0.306 e. The van der Waals surface area contributed by atoms with E-state index in [1.54, 1.807) is 0 Å². The Bertz CT molecular complexity index is 1680. The van der Waals surface area contributed by atoms with Crippen molar-refractivity contribution < 1.29 is 42.9 Å². The van der Waals surface area contributed by atoms with Crippen LogP contribution in [-0.2, 0) is 33.3 Å². The lowest BCUT2D eigenvalue weighted by molar-refractivity contribution is -0.870. The van der Waals surface area contributed by atoms with Crippen molar-refractivity contribution >= 4 is 17.9 Å². The first-order valence-corrected chi connectivity index (χ1v) is 34.4. The van der Waals surface area contributed by atoms with Crippen LogP contribution in [0.2, 0.25) is 0 Å². The van der Waals surface area contributed by atoms with E-state index < -0.39 is 24.3 Å². The molecule has 0 bridgehead atoms. The number of unbranched alkanes of at least 4 members (excludes halogenated alkanes) is 32. The third-order valence-corrected chi connectivity index (χ3v) is 14.8. The van der Waals surface area contributed by atoms with Crippen molar-refractivity contribution in [2.24, 2.45) is 0 Å². The third-order valence-electron chi connectivity index (χ3n) is 14.8. The molecule has 9 nitrogen and oxygen atoms in total. The number of hydrogen-bond donors (Lipinski definition) is 0. The Morgan fingerprint density at radius 3 is 1.02 bits per heavy atom. The van der Waals surface area contributed by atoms with Crippen LogP contribution in [0.5, 0.6) is 0 Å². The van der Waals surface area contributed by atoms with E-state index in [9.17, 15) is 19.5 Å². The Morgan fingerprint density at radius 2 is 0.687 bits per heavy atom. The normalized spacial score (nSPS) is 13.3. The maximum Gasteiger partial charge on any atom is 0.306 e. The van der Waals surface area contributed by atoms with E-state index in [1.165, 1.54) is 161 Å². The number of carboxylic acid groups (broad SMARTS) is 1. The summed E-state index contributed by atoms with van der Waals surface area (Å²) >= 11 is 0. The third kappa shape index (κ3) is 65.6. The van der Waals surface area contributed by atoms with E-state index in [0.717, 1.165) is 103 Å². The largest absolute Gasteiger partial charge is 0.545 e. The Morgan fingerprint density at radius 1 is 0.373 bits per heavy atom. The van der Waals surface area contributed by atoms with Gasteiger partial charge in [0.1, 0.15) is 13.2 Å². The highest BCUT2D eigenvalue weighted by molar-refractivity contribution is 5.70. The van der Waals surface area contributed by atoms with Gasteiger partial charge in [-0.05, 0) is 96.3 Å². The molecular formula is C74H129NO8. The number of likely N-dealkylation sites (N-methyl/N-ethyl adjacent to an activating group) is 1. The van der Waals surface area contributed by atoms with Gasteiger partial charge in [0.25, 0.3) is 0 Å². The number of esters is 2. The van der Waals surface area contributed by atoms with Crippen molar-refractivity contribution in [3.05, 3.63) is 97.2 Å². The monoisotopic (exact) mass is 1160 g/mol. The Kier molecular flexibility index (Phi) is 61.3. The second kappa shape index (κ2) is 64.2. The van der Waals surface area contributed by atoms with Crippen LogP contribution in [0.3, 0.4) is 0 Å². The fraction of sp³-hybridized carbons (Fsp3) is 0.743. The van der Waals surface area contributed by atoms with Crippen LogP contribution >= 0.6 is 0 Å². The molecule has 0 saturated carbocycles. The Balaban J connectivity index is 4.12. The summed E-state index contributed by atoms with van der Waals surface area (Å²) in [6, 6.07) is 0. The summed E-state index contributed by atoms with van der Waals surface area (Å²) in [5.74, 6) is -2.30. The molecule has 478 valence electrons. The summed E-state index contributed by atoms with van der Waals surface area (Å²) in [4.78, 5) is 37.5. The summed E-state index contributed by atoms with van der Waals surface area (Å²) in [6.07, 6.45) is 84.9. The van der Waals surface area contributed by atoms with E-state index in [4.69, 9.17) is 18.9 Å². The molecule has 83 heavy (non-hydrogen) atoms. The molecular weight excluding hydrogens is 1030 g/mol. The van der Waals surface area contributed by atoms with Gasteiger partial charge in [0.2, 0.25) is 0 Å². The lowest BCUT2D eigenvalue weighted by Crippen LogP contribution is -2.44. The van der Waals surface area contributed by atoms with Gasteiger partial charge in [-0.2, -0.15) is 0 Å². The van der Waals surface area contributed by atoms with Crippen LogP contribution in [0.25, 0.3) is 0 Å². The zero-order chi connectivity index (χ0) is 60.5. The summed E-state index contributed by atoms with van der Waals surface area (Å²) in [7, 11) is 5.92. The molecule has 0 aliphatic rings. The molecule has 0 aromatic carbocycles. The van der Waals surface area contributed by atoms with Crippen LogP contribution in [0, 0.1) is 0 Å². The predicted molar refractivity (Wildman–Crippen MR) is 352 cm³/mol. The van der Waals surface area contributed by atoms with Gasteiger partial charge in [-0.15, -0.1) is 0 Å². The highest BCUT2D eigenvalue weighted by Crippen LogP contribution is 2.17. The van der Waals surface area contributed by atoms with Gasteiger partial charge in [-0.1, -0.05) is 284 Å². The molecule has 0 N–H and O–H groups in total. The fourth-order valence-electron chi connectivity index (χ4n) is 9.57. The predicted octanol–water partition coefficient (Wildman–Crippen LogP) is 19.9. The second-order valence-corrected chi connectivity index (χ2v) is 24.1. The average molecular weight is 1160 g/mol. The summed E-state index contributed by atoms with van der Waals surface area (Å²) in [5, 5.41) is 11.8. The van der Waals surface area contributed by atoms with Gasteiger partial charge >= 0.3 is 11.9 Å². The van der Waals surface area contributed by atoms with Gasteiger partial charge in [0.15, 0.2) is 12.4 Å². The molecule has 0 aromatic rings. The topological polar surface area (TPSA) is 111 Å². The minimum atomic E-state index is -1.63. The van der Waals surface area contributed by atoms with E-state index in [-0.39, 0.29) is 38.6 Å². The lowest BCUT2D eigenvalue weighted by Gasteiger charge is -2.26. The van der Waals surface area contributed by atoms with Gasteiger partial charge in [-0.25, -0.2) is 0 Å². The van der Waals surface area contributed by atoms with Crippen LogP contribution in [0.1, 0.15) is 296 Å². The van der Waals surface area contributed by atoms with Crippen molar-refractivity contribution in [3.8, 4) is 0 Å². The zero-order valence-electron chi connectivity index (χ0n) is 54.5. The fourth-order valence-corrected chi connectivity index (χ4v) is 9.57. The maximum atomic E-state index is 12.9. The molecule has 0 aliphatic heterocycles. The molecule has 0 saturated heterocycles. The van der Waals surface area contributed by atoms with E-state index in [1.807, 2.05) is 21.1 Å². The summed E-state index contributed by atoms with van der Waals surface area (Å²) in [6.45, 7) is 4.63. The number of carboxylic acids is 1. The van der Waals surface area contributed by atoms with Crippen LogP contribution < -0.4 is 5.11 Å². The van der Waals surface area contributed by atoms with Crippen molar-refractivity contribution in [1.29, 1.82) is 0 Å². The number of ether oxygens (including phenoxy) is 4. The lowest BCUT2D eigenvalue weighted by atomic mass is 10.0. The van der Waals surface area contributed by atoms with Crippen LogP contribution in [-0.4, -0.2) is 82.3 Å². The molecule has 0 rings (SSSR count). The summed E-state index contributed by atoms with van der Waals surface area (Å²) in [5.41, 5.74) is 0. The van der Waals surface area contributed by atoms with Crippen molar-refractivity contribution in [1.82, 2.24) is 0 Å². The number of hydrogen-bond acceptors (Lipinski definition) is 8. The zero-order valence-corrected chi connectivity index (χ0v) is 54.5. The van der Waals surface area contributed by atoms with Gasteiger partial charge in [0, 0.05) is 12.8 Å². The number of allylic oxidation sites excluding steroid dienone is 16. The Hall–Kier alpha value is -3.79. The quantitative estimate of drug-likeness (QED) is 0.0195. The number of nitrogens with zero attached hydrogens (tertiary/aromatic N) is 1. The molecule has 0 spiro atoms. The standard InChI is InChI=1S/C74H129NO8/c1-6-8-10-12-14-16-18-20-22-24-26-28-30-32-33-34-35-36-37-38-39-41-42-44-46-48-50-52-54-56-58-60-62-64-71(76)81-68-70(69-82-74(73(78)79)80-67-66-75(3,4)5)83-72(77)65-63-61-59-57-55-53-51-49-47-45-43-40-31-29-27-25-23-21-19-17-15-13-11-9-7-2/h9,11,15,17-18,20-21,23-24,26-27,29,40,43,47,49,70,74H,6-8,10,12-14,16,19,22,25,28,30-39,41-42,44-46,48,50-69H2,1-5H3/b11-9-,17-15-,20-18-,23-21-,26-24-,29-27-,43-40-,49-47-. The maximum absolute atomic E-state index is 12.9. The molecule has 0 radical (unpaired) electrons. The molecule has 0 aliphatic carbocycles. The van der Waals surface area contributed by atoms with E-state index >= 15 is 0 Å². The molecule has 0 amide bonds. The van der Waals surface area contributed by atoms with Gasteiger partial charge in [0.05, 0.1) is 40.3 Å². The molecule has 2 unspecified atom stereocenters. The molecule has 0 fully saturated rings. The van der Waals surface area contributed by atoms with Crippen LogP contribution in [0.4, 0.5) is 0 Å². The number of rotatable bonds is 63. The first-order valence-electron chi connectivity index (χ1n) is 34.4. The van der Waals surface area contributed by atoms with Crippen LogP contribution in [0.15, 0.2) is 97.2 Å². The highest BCUT2D eigenvalue weighted by Gasteiger charge is 2.22. The van der Waals surface area contributed by atoms with Gasteiger partial charge in [-0.3, -0.25) is 9.59 Å². The van der Waals surface area contributed by atoms with Crippen molar-refractivity contribution in [2.45, 2.75) is 309 Å². The second-order valence-electron chi connectivity index (χ2n) is 24.1. The molecule has 0 aromatic heterocycles. The summed E-state index contributed by atoms with van der Waals surface area (Å²) < 4.78 is 22.8. The molecule has 9 heteroatoms. The molecule has 0 heterocycles. The van der Waals surface area contributed by atoms with Crippen molar-refractivity contribution in [2.75, 3.05) is 47.5 Å². The molecule has 2 atom stereocenters. The minimum Gasteiger partial charge on any atom is -0.545 e. The number of carbonyl (C=O) groups is 3. The van der Waals surface area contributed by atoms with Crippen molar-refractivity contribution in [3.63, 3.8) is 0 Å². The number of aliphatic carboxylic acids is 1. The average Bonchev–Trinajstić information content (AvgIpc) is 3.46. The van der Waals surface area contributed by atoms with E-state index in [2.05, 4.69) is 111 Å².